The van der Waals surface area contributed by atoms with E-state index in [2.05, 4.69) is 4.98 Å². The molecule has 0 aliphatic carbocycles. The Labute approximate surface area is 167 Å². The number of hydrogen-bond donors (Lipinski definition) is 0. The van der Waals surface area contributed by atoms with E-state index in [-0.39, 0.29) is 11.7 Å². The molecule has 0 bridgehead atoms. The van der Waals surface area contributed by atoms with Gasteiger partial charge in [0.1, 0.15) is 5.75 Å². The number of methoxy groups -OCH3 is 1. The van der Waals surface area contributed by atoms with Crippen LogP contribution in [0.25, 0.3) is 16.8 Å². The molecule has 0 radical (unpaired) electrons. The van der Waals surface area contributed by atoms with Crippen LogP contribution in [0.3, 0.4) is 0 Å². The summed E-state index contributed by atoms with van der Waals surface area (Å²) in [6.07, 6.45) is 4.96. The van der Waals surface area contributed by atoms with Crippen LogP contribution in [0.1, 0.15) is 18.5 Å². The van der Waals surface area contributed by atoms with Crippen molar-refractivity contribution in [2.45, 2.75) is 13.0 Å². The lowest BCUT2D eigenvalue weighted by Gasteiger charge is -2.14. The van der Waals surface area contributed by atoms with Crippen molar-refractivity contribution in [2.24, 2.45) is 0 Å². The van der Waals surface area contributed by atoms with Crippen molar-refractivity contribution in [3.63, 3.8) is 0 Å². The van der Waals surface area contributed by atoms with E-state index in [9.17, 15) is 9.18 Å². The van der Waals surface area contributed by atoms with Gasteiger partial charge in [-0.15, -0.1) is 0 Å². The molecular weight excluding hydrogens is 369 g/mol. The zero-order valence-corrected chi connectivity index (χ0v) is 16.1. The fourth-order valence-corrected chi connectivity index (χ4v) is 3.34. The maximum atomic E-state index is 13.3. The SMILES string of the molecule is COc1cccc(C(C)n2ccn(-c3ccc(-c4ccnc(F)c4)cc3)c2=O)c1. The van der Waals surface area contributed by atoms with Crippen LogP contribution in [-0.2, 0) is 0 Å². The van der Waals surface area contributed by atoms with Crippen molar-refractivity contribution in [3.8, 4) is 22.6 Å². The third kappa shape index (κ3) is 3.69. The highest BCUT2D eigenvalue weighted by Crippen LogP contribution is 2.23. The van der Waals surface area contributed by atoms with E-state index in [0.717, 1.165) is 28.1 Å². The minimum atomic E-state index is -0.522. The van der Waals surface area contributed by atoms with Crippen LogP contribution in [0.15, 0.2) is 84.0 Å². The van der Waals surface area contributed by atoms with Crippen molar-refractivity contribution >= 4 is 0 Å². The molecule has 0 amide bonds. The highest BCUT2D eigenvalue weighted by Gasteiger charge is 2.14. The summed E-state index contributed by atoms with van der Waals surface area (Å²) in [4.78, 5) is 16.5. The maximum Gasteiger partial charge on any atom is 0.333 e. The van der Waals surface area contributed by atoms with E-state index in [1.165, 1.54) is 12.3 Å². The van der Waals surface area contributed by atoms with Crippen LogP contribution in [0.2, 0.25) is 0 Å². The predicted octanol–water partition coefficient (Wildman–Crippen LogP) is 4.46. The highest BCUT2D eigenvalue weighted by molar-refractivity contribution is 5.64. The Hall–Kier alpha value is -3.67. The molecular formula is C23H20FN3O2. The van der Waals surface area contributed by atoms with Crippen molar-refractivity contribution < 1.29 is 9.13 Å². The van der Waals surface area contributed by atoms with E-state index in [1.807, 2.05) is 55.5 Å². The normalized spacial score (nSPS) is 12.0. The Kier molecular flexibility index (Phi) is 4.99. The number of hydrogen-bond acceptors (Lipinski definition) is 3. The first-order chi connectivity index (χ1) is 14.1. The standard InChI is InChI=1S/C23H20FN3O2/c1-16(18-4-3-5-21(14-18)29-2)26-12-13-27(23(26)28)20-8-6-17(7-9-20)19-10-11-25-22(24)15-19/h3-16H,1-2H3. The number of nitrogens with zero attached hydrogens (tertiary/aromatic N) is 3. The third-order valence-electron chi connectivity index (χ3n) is 5.00. The fraction of sp³-hybridized carbons (Fsp3) is 0.130. The lowest BCUT2D eigenvalue weighted by atomic mass is 10.1. The number of halogens is 1. The zero-order chi connectivity index (χ0) is 20.4. The average molecular weight is 389 g/mol. The van der Waals surface area contributed by atoms with Crippen molar-refractivity contribution in [1.82, 2.24) is 14.1 Å². The first kappa shape index (κ1) is 18.7. The first-order valence-corrected chi connectivity index (χ1v) is 9.22. The second kappa shape index (κ2) is 7.75. The molecule has 5 nitrogen and oxygen atoms in total. The quantitative estimate of drug-likeness (QED) is 0.474. The largest absolute Gasteiger partial charge is 0.497 e. The monoisotopic (exact) mass is 389 g/mol. The molecule has 1 unspecified atom stereocenters. The summed E-state index contributed by atoms with van der Waals surface area (Å²) < 4.78 is 21.9. The van der Waals surface area contributed by atoms with Gasteiger partial charge in [-0.2, -0.15) is 4.39 Å². The van der Waals surface area contributed by atoms with Gasteiger partial charge in [0, 0.05) is 24.7 Å². The van der Waals surface area contributed by atoms with Gasteiger partial charge in [-0.05, 0) is 53.9 Å². The summed E-state index contributed by atoms with van der Waals surface area (Å²) in [6, 6.07) is 18.1. The molecule has 29 heavy (non-hydrogen) atoms. The summed E-state index contributed by atoms with van der Waals surface area (Å²) in [5, 5.41) is 0. The first-order valence-electron chi connectivity index (χ1n) is 9.22. The third-order valence-corrected chi connectivity index (χ3v) is 5.00. The second-order valence-electron chi connectivity index (χ2n) is 6.72. The smallest absolute Gasteiger partial charge is 0.333 e. The summed E-state index contributed by atoms with van der Waals surface area (Å²) in [5.41, 5.74) is 3.18. The van der Waals surface area contributed by atoms with Gasteiger partial charge in [-0.25, -0.2) is 9.78 Å². The average Bonchev–Trinajstić information content (AvgIpc) is 3.14. The van der Waals surface area contributed by atoms with Crippen LogP contribution >= 0.6 is 0 Å². The Balaban J connectivity index is 1.64. The number of pyridine rings is 1. The van der Waals surface area contributed by atoms with Crippen LogP contribution in [0.4, 0.5) is 4.39 Å². The summed E-state index contributed by atoms with van der Waals surface area (Å²) in [7, 11) is 1.62. The molecule has 0 saturated carbocycles. The zero-order valence-electron chi connectivity index (χ0n) is 16.1. The fourth-order valence-electron chi connectivity index (χ4n) is 3.34. The Morgan fingerprint density at radius 2 is 1.79 bits per heavy atom. The van der Waals surface area contributed by atoms with Crippen molar-refractivity contribution in [3.05, 3.63) is 101 Å². The summed E-state index contributed by atoms with van der Waals surface area (Å²) in [5.74, 6) is 0.233. The number of aromatic nitrogens is 3. The molecule has 0 saturated heterocycles. The van der Waals surface area contributed by atoms with Gasteiger partial charge in [0.2, 0.25) is 5.95 Å². The van der Waals surface area contributed by atoms with E-state index >= 15 is 0 Å². The minimum absolute atomic E-state index is 0.136. The van der Waals surface area contributed by atoms with Crippen molar-refractivity contribution in [1.29, 1.82) is 0 Å². The Morgan fingerprint density at radius 3 is 2.52 bits per heavy atom. The van der Waals surface area contributed by atoms with Crippen LogP contribution < -0.4 is 10.4 Å². The second-order valence-corrected chi connectivity index (χ2v) is 6.72. The minimum Gasteiger partial charge on any atom is -0.497 e. The lowest BCUT2D eigenvalue weighted by Crippen LogP contribution is -2.25. The highest BCUT2D eigenvalue weighted by atomic mass is 19.1. The van der Waals surface area contributed by atoms with E-state index < -0.39 is 5.95 Å². The van der Waals surface area contributed by atoms with Crippen LogP contribution in [-0.4, -0.2) is 21.2 Å². The van der Waals surface area contributed by atoms with Gasteiger partial charge in [-0.3, -0.25) is 9.13 Å². The Bertz CT molecular complexity index is 1200. The maximum absolute atomic E-state index is 13.3. The van der Waals surface area contributed by atoms with Crippen LogP contribution in [0, 0.1) is 5.95 Å². The molecule has 2 aromatic heterocycles. The molecule has 2 heterocycles. The molecule has 1 atom stereocenters. The number of rotatable bonds is 5. The molecule has 6 heteroatoms. The number of benzene rings is 2. The predicted molar refractivity (Wildman–Crippen MR) is 110 cm³/mol. The van der Waals surface area contributed by atoms with Crippen LogP contribution in [0.5, 0.6) is 5.75 Å². The van der Waals surface area contributed by atoms with Gasteiger partial charge in [0.25, 0.3) is 0 Å². The molecule has 4 aromatic rings. The molecule has 4 rings (SSSR count). The number of ether oxygens (including phenoxy) is 1. The molecule has 0 aliphatic heterocycles. The lowest BCUT2D eigenvalue weighted by molar-refractivity contribution is 0.413. The molecule has 0 aliphatic rings. The van der Waals surface area contributed by atoms with E-state index in [1.54, 1.807) is 34.7 Å². The molecule has 0 fully saturated rings. The number of imidazole rings is 1. The Morgan fingerprint density at radius 1 is 1.00 bits per heavy atom. The van der Waals surface area contributed by atoms with Gasteiger partial charge < -0.3 is 4.74 Å². The topological polar surface area (TPSA) is 49.0 Å². The molecule has 146 valence electrons. The van der Waals surface area contributed by atoms with Gasteiger partial charge in [0.05, 0.1) is 18.8 Å². The molecule has 0 spiro atoms. The summed E-state index contributed by atoms with van der Waals surface area (Å²) >= 11 is 0. The summed E-state index contributed by atoms with van der Waals surface area (Å²) in [6.45, 7) is 1.97. The van der Waals surface area contributed by atoms with E-state index in [4.69, 9.17) is 4.74 Å². The molecule has 0 N–H and O–H groups in total. The van der Waals surface area contributed by atoms with E-state index in [0.29, 0.717) is 0 Å². The van der Waals surface area contributed by atoms with Gasteiger partial charge >= 0.3 is 5.69 Å². The van der Waals surface area contributed by atoms with Gasteiger partial charge in [0.15, 0.2) is 0 Å². The van der Waals surface area contributed by atoms with Crippen molar-refractivity contribution in [2.75, 3.05) is 7.11 Å². The molecule has 2 aromatic carbocycles. The van der Waals surface area contributed by atoms with Gasteiger partial charge in [-0.1, -0.05) is 24.3 Å².